The quantitative estimate of drug-likeness (QED) is 0.862. The molecule has 0 amide bonds. The van der Waals surface area contributed by atoms with E-state index in [0.29, 0.717) is 28.7 Å². The largest absolute Gasteiger partial charge is 0.493 e. The first-order valence-electron chi connectivity index (χ1n) is 7.23. The maximum absolute atomic E-state index is 6.32. The molecule has 0 heterocycles. The van der Waals surface area contributed by atoms with Crippen molar-refractivity contribution in [1.82, 2.24) is 0 Å². The Labute approximate surface area is 131 Å². The fourth-order valence-electron chi connectivity index (χ4n) is 2.77. The van der Waals surface area contributed by atoms with Crippen LogP contribution >= 0.6 is 11.6 Å². The molecule has 1 saturated carbocycles. The summed E-state index contributed by atoms with van der Waals surface area (Å²) in [6.45, 7) is 7.20. The zero-order valence-electron chi connectivity index (χ0n) is 13.3. The first-order chi connectivity index (χ1) is 9.93. The Morgan fingerprint density at radius 1 is 1.24 bits per heavy atom. The molecule has 1 fully saturated rings. The highest BCUT2D eigenvalue weighted by Crippen LogP contribution is 2.46. The van der Waals surface area contributed by atoms with Crippen LogP contribution in [0.1, 0.15) is 27.2 Å². The van der Waals surface area contributed by atoms with Gasteiger partial charge >= 0.3 is 0 Å². The molecule has 1 aliphatic carbocycles. The normalized spacial score (nSPS) is 23.3. The van der Waals surface area contributed by atoms with Crippen LogP contribution < -0.4 is 14.8 Å². The zero-order chi connectivity index (χ0) is 15.6. The van der Waals surface area contributed by atoms with Crippen molar-refractivity contribution in [2.24, 2.45) is 5.41 Å². The fraction of sp³-hybridized carbons (Fsp3) is 0.625. The molecule has 2 rings (SSSR count). The Hall–Kier alpha value is -1.13. The summed E-state index contributed by atoms with van der Waals surface area (Å²) >= 11 is 6.32. The number of ether oxygens (including phenoxy) is 3. The molecule has 0 saturated heterocycles. The summed E-state index contributed by atoms with van der Waals surface area (Å²) in [7, 11) is 3.22. The van der Waals surface area contributed by atoms with Crippen LogP contribution in [-0.4, -0.2) is 33.0 Å². The second-order valence-electron chi connectivity index (χ2n) is 5.89. The van der Waals surface area contributed by atoms with Gasteiger partial charge < -0.3 is 19.5 Å². The highest BCUT2D eigenvalue weighted by atomic mass is 35.5. The number of rotatable bonds is 6. The molecule has 2 unspecified atom stereocenters. The van der Waals surface area contributed by atoms with Gasteiger partial charge in [-0.25, -0.2) is 0 Å². The molecule has 2 atom stereocenters. The van der Waals surface area contributed by atoms with Gasteiger partial charge in [0.05, 0.1) is 31.0 Å². The third-order valence-corrected chi connectivity index (χ3v) is 4.66. The third kappa shape index (κ3) is 3.06. The minimum absolute atomic E-state index is 0.0759. The number of benzene rings is 1. The maximum Gasteiger partial charge on any atom is 0.162 e. The van der Waals surface area contributed by atoms with Crippen LogP contribution in [-0.2, 0) is 4.74 Å². The lowest BCUT2D eigenvalue weighted by Gasteiger charge is -2.52. The second kappa shape index (κ2) is 6.32. The Morgan fingerprint density at radius 3 is 2.38 bits per heavy atom. The highest BCUT2D eigenvalue weighted by Gasteiger charge is 2.49. The van der Waals surface area contributed by atoms with Crippen molar-refractivity contribution in [3.63, 3.8) is 0 Å². The van der Waals surface area contributed by atoms with Crippen molar-refractivity contribution in [2.45, 2.75) is 39.3 Å². The number of hydrogen-bond donors (Lipinski definition) is 1. The monoisotopic (exact) mass is 313 g/mol. The highest BCUT2D eigenvalue weighted by molar-refractivity contribution is 6.33. The molecule has 1 aliphatic rings. The van der Waals surface area contributed by atoms with Crippen LogP contribution in [0.15, 0.2) is 12.1 Å². The first-order valence-corrected chi connectivity index (χ1v) is 7.61. The van der Waals surface area contributed by atoms with E-state index in [1.165, 1.54) is 0 Å². The van der Waals surface area contributed by atoms with Gasteiger partial charge in [-0.15, -0.1) is 0 Å². The topological polar surface area (TPSA) is 39.7 Å². The van der Waals surface area contributed by atoms with Crippen molar-refractivity contribution < 1.29 is 14.2 Å². The summed E-state index contributed by atoms with van der Waals surface area (Å²) < 4.78 is 16.3. The lowest BCUT2D eigenvalue weighted by Crippen LogP contribution is -2.58. The summed E-state index contributed by atoms with van der Waals surface area (Å²) in [5.74, 6) is 1.30. The molecule has 0 spiro atoms. The summed E-state index contributed by atoms with van der Waals surface area (Å²) in [4.78, 5) is 0. The van der Waals surface area contributed by atoms with Crippen LogP contribution in [0, 0.1) is 5.41 Å². The molecule has 1 N–H and O–H groups in total. The first kappa shape index (κ1) is 16.2. The minimum Gasteiger partial charge on any atom is -0.493 e. The van der Waals surface area contributed by atoms with Crippen LogP contribution in [0.4, 0.5) is 5.69 Å². The van der Waals surface area contributed by atoms with Gasteiger partial charge in [-0.1, -0.05) is 25.4 Å². The van der Waals surface area contributed by atoms with Gasteiger partial charge in [0.1, 0.15) is 0 Å². The van der Waals surface area contributed by atoms with Gasteiger partial charge in [0, 0.05) is 30.2 Å². The predicted octanol–water partition coefficient (Wildman–Crippen LogP) is 3.97. The van der Waals surface area contributed by atoms with Gasteiger partial charge in [0.25, 0.3) is 0 Å². The molecular formula is C16H24ClNO3. The van der Waals surface area contributed by atoms with E-state index in [1.54, 1.807) is 20.3 Å². The van der Waals surface area contributed by atoms with Crippen molar-refractivity contribution in [1.29, 1.82) is 0 Å². The molecule has 0 aromatic heterocycles. The van der Waals surface area contributed by atoms with Gasteiger partial charge in [-0.05, 0) is 13.3 Å². The van der Waals surface area contributed by atoms with Crippen molar-refractivity contribution in [3.05, 3.63) is 17.2 Å². The standard InChI is InChI=1S/C16H24ClNO3/c1-6-21-15-9-14(16(15,2)3)18-11-8-13(20-5)12(19-4)7-10(11)17/h7-8,14-15,18H,6,9H2,1-5H3. The average molecular weight is 314 g/mol. The lowest BCUT2D eigenvalue weighted by atomic mass is 9.64. The van der Waals surface area contributed by atoms with E-state index in [-0.39, 0.29) is 5.41 Å². The molecule has 21 heavy (non-hydrogen) atoms. The van der Waals surface area contributed by atoms with E-state index in [1.807, 2.05) is 13.0 Å². The Kier molecular flexibility index (Phi) is 4.89. The van der Waals surface area contributed by atoms with E-state index in [4.69, 9.17) is 25.8 Å². The summed E-state index contributed by atoms with van der Waals surface area (Å²) in [6, 6.07) is 3.98. The number of methoxy groups -OCH3 is 2. The van der Waals surface area contributed by atoms with Gasteiger partial charge in [-0.2, -0.15) is 0 Å². The summed E-state index contributed by atoms with van der Waals surface area (Å²) in [6.07, 6.45) is 1.27. The molecular weight excluding hydrogens is 290 g/mol. The van der Waals surface area contributed by atoms with E-state index < -0.39 is 0 Å². The van der Waals surface area contributed by atoms with Gasteiger partial charge in [-0.3, -0.25) is 0 Å². The number of halogens is 1. The third-order valence-electron chi connectivity index (χ3n) is 4.35. The van der Waals surface area contributed by atoms with Crippen LogP contribution in [0.3, 0.4) is 0 Å². The summed E-state index contributed by atoms with van der Waals surface area (Å²) in [5.41, 5.74) is 0.939. The molecule has 0 radical (unpaired) electrons. The summed E-state index contributed by atoms with van der Waals surface area (Å²) in [5, 5.41) is 4.13. The number of anilines is 1. The van der Waals surface area contributed by atoms with Crippen LogP contribution in [0.25, 0.3) is 0 Å². The maximum atomic E-state index is 6.32. The fourth-order valence-corrected chi connectivity index (χ4v) is 2.98. The van der Waals surface area contributed by atoms with Crippen molar-refractivity contribution in [2.75, 3.05) is 26.1 Å². The Bertz CT molecular complexity index is 505. The van der Waals surface area contributed by atoms with Crippen LogP contribution in [0.5, 0.6) is 11.5 Å². The number of nitrogens with one attached hydrogen (secondary N) is 1. The average Bonchev–Trinajstić information content (AvgIpc) is 2.47. The molecule has 118 valence electrons. The molecule has 1 aromatic rings. The molecule has 4 nitrogen and oxygen atoms in total. The lowest BCUT2D eigenvalue weighted by molar-refractivity contribution is -0.0975. The van der Waals surface area contributed by atoms with E-state index >= 15 is 0 Å². The number of hydrogen-bond acceptors (Lipinski definition) is 4. The van der Waals surface area contributed by atoms with Crippen LogP contribution in [0.2, 0.25) is 5.02 Å². The zero-order valence-corrected chi connectivity index (χ0v) is 14.1. The Balaban J connectivity index is 2.14. The minimum atomic E-state index is 0.0759. The smallest absolute Gasteiger partial charge is 0.162 e. The van der Waals surface area contributed by atoms with Crippen molar-refractivity contribution in [3.8, 4) is 11.5 Å². The van der Waals surface area contributed by atoms with Crippen molar-refractivity contribution >= 4 is 17.3 Å². The molecule has 1 aromatic carbocycles. The molecule has 0 bridgehead atoms. The SMILES string of the molecule is CCOC1CC(Nc2cc(OC)c(OC)cc2Cl)C1(C)C. The van der Waals surface area contributed by atoms with Gasteiger partial charge in [0.2, 0.25) is 0 Å². The van der Waals surface area contributed by atoms with Gasteiger partial charge in [0.15, 0.2) is 11.5 Å². The molecule has 0 aliphatic heterocycles. The van der Waals surface area contributed by atoms with E-state index in [9.17, 15) is 0 Å². The molecule has 5 heteroatoms. The second-order valence-corrected chi connectivity index (χ2v) is 6.29. The van der Waals surface area contributed by atoms with E-state index in [0.717, 1.165) is 18.7 Å². The van der Waals surface area contributed by atoms with E-state index in [2.05, 4.69) is 19.2 Å². The Morgan fingerprint density at radius 2 is 1.86 bits per heavy atom. The predicted molar refractivity (Wildman–Crippen MR) is 85.8 cm³/mol.